The summed E-state index contributed by atoms with van der Waals surface area (Å²) >= 11 is 0. The molecule has 0 unspecified atom stereocenters. The van der Waals surface area contributed by atoms with Crippen molar-refractivity contribution >= 4 is 0 Å². The molecule has 7 heteroatoms. The van der Waals surface area contributed by atoms with E-state index in [4.69, 9.17) is 9.47 Å². The van der Waals surface area contributed by atoms with Crippen LogP contribution in [0, 0.1) is 0 Å². The van der Waals surface area contributed by atoms with Crippen molar-refractivity contribution in [3.05, 3.63) is 59.7 Å². The normalized spacial score (nSPS) is 16.4. The summed E-state index contributed by atoms with van der Waals surface area (Å²) in [5.41, 5.74) is 1.83. The quantitative estimate of drug-likeness (QED) is 0.694. The molecular weight excluding hydrogens is 381 g/mol. The Morgan fingerprint density at radius 2 is 1.76 bits per heavy atom. The van der Waals surface area contributed by atoms with Gasteiger partial charge in [-0.2, -0.15) is 13.2 Å². The van der Waals surface area contributed by atoms with E-state index in [-0.39, 0.29) is 12.5 Å². The molecule has 2 aromatic carbocycles. The number of nitrogens with zero attached hydrogens (tertiary/aromatic N) is 1. The van der Waals surface area contributed by atoms with E-state index < -0.39 is 12.6 Å². The Morgan fingerprint density at radius 1 is 1.03 bits per heavy atom. The van der Waals surface area contributed by atoms with Gasteiger partial charge in [-0.1, -0.05) is 36.4 Å². The third-order valence-electron chi connectivity index (χ3n) is 5.10. The smallest absolute Gasteiger partial charge is 0.389 e. The summed E-state index contributed by atoms with van der Waals surface area (Å²) in [6.45, 7) is 3.34. The fraction of sp³-hybridized carbons (Fsp3) is 0.455. The third-order valence-corrected chi connectivity index (χ3v) is 5.10. The lowest BCUT2D eigenvalue weighted by Gasteiger charge is -2.35. The first-order valence-electron chi connectivity index (χ1n) is 9.82. The molecule has 1 atom stereocenters. The topological polar surface area (TPSA) is 33.7 Å². The van der Waals surface area contributed by atoms with Crippen LogP contribution in [0.2, 0.25) is 0 Å². The number of hydrogen-bond acceptors (Lipinski definition) is 4. The first-order chi connectivity index (χ1) is 14.0. The van der Waals surface area contributed by atoms with E-state index in [1.807, 2.05) is 42.5 Å². The van der Waals surface area contributed by atoms with Gasteiger partial charge in [-0.3, -0.25) is 4.90 Å². The predicted octanol–water partition coefficient (Wildman–Crippen LogP) is 4.56. The molecule has 0 aromatic heterocycles. The van der Waals surface area contributed by atoms with Crippen molar-refractivity contribution in [3.63, 3.8) is 0 Å². The summed E-state index contributed by atoms with van der Waals surface area (Å²) in [5, 5.41) is 3.25. The Hall–Kier alpha value is -2.25. The highest BCUT2D eigenvalue weighted by Gasteiger charge is 2.31. The molecule has 2 aromatic rings. The second-order valence-electron chi connectivity index (χ2n) is 7.14. The van der Waals surface area contributed by atoms with Crippen LogP contribution in [0.4, 0.5) is 13.2 Å². The van der Waals surface area contributed by atoms with Gasteiger partial charge in [0, 0.05) is 38.6 Å². The molecule has 29 heavy (non-hydrogen) atoms. The Balaban J connectivity index is 1.82. The van der Waals surface area contributed by atoms with Gasteiger partial charge in [0.25, 0.3) is 0 Å². The van der Waals surface area contributed by atoms with E-state index in [0.29, 0.717) is 18.1 Å². The number of halogens is 3. The van der Waals surface area contributed by atoms with Crippen LogP contribution in [0.3, 0.4) is 0 Å². The van der Waals surface area contributed by atoms with E-state index in [9.17, 15) is 13.2 Å². The molecule has 1 aliphatic rings. The van der Waals surface area contributed by atoms with Crippen LogP contribution in [0.15, 0.2) is 48.5 Å². The maximum absolute atomic E-state index is 12.9. The number of ether oxygens (including phenoxy) is 2. The number of piperazine rings is 1. The van der Waals surface area contributed by atoms with Crippen LogP contribution >= 0.6 is 0 Å². The van der Waals surface area contributed by atoms with Crippen molar-refractivity contribution in [2.75, 3.05) is 33.3 Å². The monoisotopic (exact) mass is 408 g/mol. The SMILES string of the molecule is COc1ccc([C@H](CCC(F)(F)F)N2CCNCC2)cc1OCc1ccccc1. The molecule has 1 saturated heterocycles. The molecule has 0 amide bonds. The zero-order chi connectivity index (χ0) is 20.7. The summed E-state index contributed by atoms with van der Waals surface area (Å²) in [7, 11) is 1.56. The average molecular weight is 408 g/mol. The van der Waals surface area contributed by atoms with Crippen molar-refractivity contribution in [1.82, 2.24) is 10.2 Å². The zero-order valence-corrected chi connectivity index (χ0v) is 16.5. The molecule has 1 fully saturated rings. The van der Waals surface area contributed by atoms with Crippen molar-refractivity contribution < 1.29 is 22.6 Å². The van der Waals surface area contributed by atoms with Gasteiger partial charge >= 0.3 is 6.18 Å². The van der Waals surface area contributed by atoms with Crippen LogP contribution in [0.1, 0.15) is 30.0 Å². The Kier molecular flexibility index (Phi) is 7.39. The predicted molar refractivity (Wildman–Crippen MR) is 106 cm³/mol. The minimum atomic E-state index is -4.18. The highest BCUT2D eigenvalue weighted by Crippen LogP contribution is 2.36. The molecule has 1 aliphatic heterocycles. The molecule has 3 rings (SSSR count). The molecule has 0 saturated carbocycles. The third kappa shape index (κ3) is 6.37. The van der Waals surface area contributed by atoms with Crippen LogP contribution in [-0.2, 0) is 6.61 Å². The number of methoxy groups -OCH3 is 1. The van der Waals surface area contributed by atoms with Crippen LogP contribution in [0.25, 0.3) is 0 Å². The Labute approximate surface area is 169 Å². The van der Waals surface area contributed by atoms with Crippen molar-refractivity contribution in [2.45, 2.75) is 31.7 Å². The van der Waals surface area contributed by atoms with E-state index in [2.05, 4.69) is 10.2 Å². The molecule has 0 aliphatic carbocycles. The molecule has 1 heterocycles. The highest BCUT2D eigenvalue weighted by atomic mass is 19.4. The van der Waals surface area contributed by atoms with Crippen molar-refractivity contribution in [3.8, 4) is 11.5 Å². The molecule has 4 nitrogen and oxygen atoms in total. The second kappa shape index (κ2) is 9.98. The van der Waals surface area contributed by atoms with E-state index in [1.54, 1.807) is 13.2 Å². The van der Waals surface area contributed by atoms with Gasteiger partial charge < -0.3 is 14.8 Å². The van der Waals surface area contributed by atoms with Gasteiger partial charge in [-0.15, -0.1) is 0 Å². The van der Waals surface area contributed by atoms with E-state index >= 15 is 0 Å². The van der Waals surface area contributed by atoms with Crippen LogP contribution < -0.4 is 14.8 Å². The molecule has 0 radical (unpaired) electrons. The van der Waals surface area contributed by atoms with Crippen molar-refractivity contribution in [2.24, 2.45) is 0 Å². The van der Waals surface area contributed by atoms with Gasteiger partial charge in [0.05, 0.1) is 7.11 Å². The number of alkyl halides is 3. The van der Waals surface area contributed by atoms with Gasteiger partial charge in [-0.25, -0.2) is 0 Å². The lowest BCUT2D eigenvalue weighted by Crippen LogP contribution is -2.45. The number of hydrogen-bond donors (Lipinski definition) is 1. The minimum Gasteiger partial charge on any atom is -0.493 e. The molecule has 1 N–H and O–H groups in total. The van der Waals surface area contributed by atoms with Crippen molar-refractivity contribution in [1.29, 1.82) is 0 Å². The summed E-state index contributed by atoms with van der Waals surface area (Å²) < 4.78 is 50.1. The maximum Gasteiger partial charge on any atom is 0.389 e. The van der Waals surface area contributed by atoms with Gasteiger partial charge in [0.15, 0.2) is 11.5 Å². The minimum absolute atomic E-state index is 0.0218. The zero-order valence-electron chi connectivity index (χ0n) is 16.5. The van der Waals surface area contributed by atoms with Gasteiger partial charge in [0.1, 0.15) is 6.61 Å². The van der Waals surface area contributed by atoms with E-state index in [0.717, 1.165) is 37.3 Å². The maximum atomic E-state index is 12.9. The Morgan fingerprint density at radius 3 is 2.41 bits per heavy atom. The standard InChI is InChI=1S/C22H27F3N2O2/c1-28-20-8-7-18(15-21(20)29-16-17-5-3-2-4-6-17)19(9-10-22(23,24)25)27-13-11-26-12-14-27/h2-8,15,19,26H,9-14,16H2,1H3/t19-/m0/s1. The Bertz CT molecular complexity index is 762. The first kappa shape index (κ1) is 21.5. The fourth-order valence-corrected chi connectivity index (χ4v) is 3.60. The largest absolute Gasteiger partial charge is 0.493 e. The summed E-state index contributed by atoms with van der Waals surface area (Å²) in [6.07, 6.45) is -4.97. The second-order valence-corrected chi connectivity index (χ2v) is 7.14. The fourth-order valence-electron chi connectivity index (χ4n) is 3.60. The summed E-state index contributed by atoms with van der Waals surface area (Å²) in [5.74, 6) is 1.11. The van der Waals surface area contributed by atoms with Gasteiger partial charge in [-0.05, 0) is 29.7 Å². The molecule has 158 valence electrons. The number of rotatable bonds is 8. The number of nitrogens with one attached hydrogen (secondary N) is 1. The van der Waals surface area contributed by atoms with Gasteiger partial charge in [0.2, 0.25) is 0 Å². The number of benzene rings is 2. The van der Waals surface area contributed by atoms with E-state index in [1.165, 1.54) is 0 Å². The van der Waals surface area contributed by atoms with Crippen LogP contribution in [-0.4, -0.2) is 44.4 Å². The average Bonchev–Trinajstić information content (AvgIpc) is 2.73. The molecular formula is C22H27F3N2O2. The molecule has 0 bridgehead atoms. The first-order valence-corrected chi connectivity index (χ1v) is 9.82. The molecule has 0 spiro atoms. The lowest BCUT2D eigenvalue weighted by atomic mass is 9.98. The highest BCUT2D eigenvalue weighted by molar-refractivity contribution is 5.44. The summed E-state index contributed by atoms with van der Waals surface area (Å²) in [4.78, 5) is 2.12. The van der Waals surface area contributed by atoms with Crippen LogP contribution in [0.5, 0.6) is 11.5 Å². The summed E-state index contributed by atoms with van der Waals surface area (Å²) in [6, 6.07) is 14.9. The lowest BCUT2D eigenvalue weighted by molar-refractivity contribution is -0.138.